The average Bonchev–Trinajstić information content (AvgIpc) is 3.34. The number of nitrogens with zero attached hydrogens (tertiary/aromatic N) is 5. The Hall–Kier alpha value is -2.90. The number of allylic oxidation sites excluding steroid dienone is 4. The Bertz CT molecular complexity index is 1300. The number of nitrogens with two attached hydrogens (primary N) is 1. The summed E-state index contributed by atoms with van der Waals surface area (Å²) in [6.45, 7) is 8.05. The third kappa shape index (κ3) is 4.62. The third-order valence-electron chi connectivity index (χ3n) is 7.59. The van der Waals surface area contributed by atoms with E-state index < -0.39 is 6.67 Å². The van der Waals surface area contributed by atoms with Crippen LogP contribution in [0.25, 0.3) is 22.3 Å². The van der Waals surface area contributed by atoms with E-state index in [0.717, 1.165) is 55.7 Å². The van der Waals surface area contributed by atoms with Crippen LogP contribution in [-0.4, -0.2) is 51.7 Å². The van der Waals surface area contributed by atoms with Gasteiger partial charge in [0.15, 0.2) is 5.65 Å². The molecule has 0 saturated carbocycles. The first-order chi connectivity index (χ1) is 17.5. The molecule has 36 heavy (non-hydrogen) atoms. The lowest BCUT2D eigenvalue weighted by molar-refractivity contribution is 0.186. The largest absolute Gasteiger partial charge is 0.383 e. The van der Waals surface area contributed by atoms with Gasteiger partial charge in [-0.2, -0.15) is 9.61 Å². The van der Waals surface area contributed by atoms with Gasteiger partial charge in [-0.1, -0.05) is 43.7 Å². The van der Waals surface area contributed by atoms with E-state index in [0.29, 0.717) is 33.8 Å². The number of alkyl halides is 1. The number of hydrogen-bond donors (Lipinski definition) is 1. The summed E-state index contributed by atoms with van der Waals surface area (Å²) in [5, 5.41) is 5.19. The predicted octanol–water partition coefficient (Wildman–Crippen LogP) is 6.06. The highest BCUT2D eigenvalue weighted by atomic mass is 35.5. The Morgan fingerprint density at radius 1 is 1.19 bits per heavy atom. The molecule has 1 saturated heterocycles. The lowest BCUT2D eigenvalue weighted by Crippen LogP contribution is -2.44. The molecule has 2 aliphatic rings. The van der Waals surface area contributed by atoms with Gasteiger partial charge in [-0.05, 0) is 68.1 Å². The molecule has 2 N–H and O–H groups in total. The van der Waals surface area contributed by atoms with E-state index in [9.17, 15) is 4.39 Å². The molecule has 8 heteroatoms. The fraction of sp³-hybridized carbons (Fsp3) is 0.429. The molecule has 0 radical (unpaired) electrons. The molecule has 190 valence electrons. The van der Waals surface area contributed by atoms with E-state index in [2.05, 4.69) is 53.0 Å². The van der Waals surface area contributed by atoms with E-state index in [4.69, 9.17) is 22.3 Å². The van der Waals surface area contributed by atoms with Gasteiger partial charge in [0, 0.05) is 41.0 Å². The van der Waals surface area contributed by atoms with Gasteiger partial charge < -0.3 is 15.5 Å². The summed E-state index contributed by atoms with van der Waals surface area (Å²) in [7, 11) is 0. The Labute approximate surface area is 217 Å². The van der Waals surface area contributed by atoms with Gasteiger partial charge in [-0.15, -0.1) is 0 Å². The number of piperidine rings is 1. The Morgan fingerprint density at radius 3 is 2.67 bits per heavy atom. The van der Waals surface area contributed by atoms with E-state index in [1.54, 1.807) is 10.7 Å². The molecule has 2 aromatic heterocycles. The maximum Gasteiger partial charge on any atom is 0.165 e. The van der Waals surface area contributed by atoms with Crippen molar-refractivity contribution in [3.05, 3.63) is 58.9 Å². The molecule has 1 aliphatic heterocycles. The monoisotopic (exact) mass is 508 g/mol. The molecular formula is C28H34ClFN6. The molecule has 0 unspecified atom stereocenters. The fourth-order valence-electron chi connectivity index (χ4n) is 5.67. The van der Waals surface area contributed by atoms with Crippen LogP contribution in [0, 0.1) is 0 Å². The molecule has 0 amide bonds. The van der Waals surface area contributed by atoms with Gasteiger partial charge >= 0.3 is 0 Å². The van der Waals surface area contributed by atoms with Crippen LogP contribution in [0.3, 0.4) is 0 Å². The van der Waals surface area contributed by atoms with Crippen LogP contribution < -0.4 is 10.6 Å². The lowest BCUT2D eigenvalue weighted by atomic mass is 9.96. The smallest absolute Gasteiger partial charge is 0.165 e. The summed E-state index contributed by atoms with van der Waals surface area (Å²) < 4.78 is 15.8. The number of nitrogen functional groups attached to an aromatic ring is 1. The van der Waals surface area contributed by atoms with Gasteiger partial charge in [-0.25, -0.2) is 9.37 Å². The molecule has 0 bridgehead atoms. The zero-order valence-electron chi connectivity index (χ0n) is 21.1. The first-order valence-corrected chi connectivity index (χ1v) is 13.3. The van der Waals surface area contributed by atoms with Crippen molar-refractivity contribution < 1.29 is 4.39 Å². The second-order valence-corrected chi connectivity index (χ2v) is 9.97. The van der Waals surface area contributed by atoms with Crippen LogP contribution in [0.1, 0.15) is 50.8 Å². The van der Waals surface area contributed by atoms with E-state index in [-0.39, 0.29) is 0 Å². The number of benzene rings is 1. The van der Waals surface area contributed by atoms with Crippen LogP contribution in [0.5, 0.6) is 0 Å². The van der Waals surface area contributed by atoms with Crippen molar-refractivity contribution in [1.29, 1.82) is 0 Å². The zero-order valence-corrected chi connectivity index (χ0v) is 21.8. The van der Waals surface area contributed by atoms with Crippen molar-refractivity contribution >= 4 is 34.3 Å². The van der Waals surface area contributed by atoms with Gasteiger partial charge in [0.05, 0.1) is 11.9 Å². The van der Waals surface area contributed by atoms with Gasteiger partial charge in [0.1, 0.15) is 12.5 Å². The highest BCUT2D eigenvalue weighted by molar-refractivity contribution is 6.31. The fourth-order valence-corrected chi connectivity index (χ4v) is 5.91. The van der Waals surface area contributed by atoms with Crippen LogP contribution >= 0.6 is 11.6 Å². The Balaban J connectivity index is 1.46. The van der Waals surface area contributed by atoms with E-state index in [1.807, 2.05) is 12.2 Å². The summed E-state index contributed by atoms with van der Waals surface area (Å²) in [5.41, 5.74) is 12.0. The molecule has 0 spiro atoms. The quantitative estimate of drug-likeness (QED) is 0.420. The maximum absolute atomic E-state index is 14.2. The van der Waals surface area contributed by atoms with E-state index in [1.165, 1.54) is 18.5 Å². The molecular weight excluding hydrogens is 475 g/mol. The summed E-state index contributed by atoms with van der Waals surface area (Å²) in [5.74, 6) is 0.395. The molecule has 1 aliphatic carbocycles. The second kappa shape index (κ2) is 10.6. The van der Waals surface area contributed by atoms with Crippen molar-refractivity contribution in [2.24, 2.45) is 0 Å². The molecule has 3 heterocycles. The second-order valence-electron chi connectivity index (χ2n) is 9.53. The topological polar surface area (TPSA) is 62.7 Å². The molecule has 5 rings (SSSR count). The minimum atomic E-state index is -0.707. The summed E-state index contributed by atoms with van der Waals surface area (Å²) in [6, 6.07) is 9.12. The first-order valence-electron chi connectivity index (χ1n) is 12.9. The van der Waals surface area contributed by atoms with Gasteiger partial charge in [0.25, 0.3) is 0 Å². The maximum atomic E-state index is 14.2. The van der Waals surface area contributed by atoms with Crippen molar-refractivity contribution in [3.8, 4) is 11.1 Å². The van der Waals surface area contributed by atoms with E-state index >= 15 is 0 Å². The number of halogens is 2. The average molecular weight is 509 g/mol. The predicted molar refractivity (Wildman–Crippen MR) is 147 cm³/mol. The molecule has 1 fully saturated rings. The minimum Gasteiger partial charge on any atom is -0.383 e. The lowest BCUT2D eigenvalue weighted by Gasteiger charge is -2.38. The summed E-state index contributed by atoms with van der Waals surface area (Å²) in [4.78, 5) is 9.72. The zero-order chi connectivity index (χ0) is 25.2. The highest BCUT2D eigenvalue weighted by Gasteiger charge is 2.24. The number of anilines is 2. The molecule has 6 nitrogen and oxygen atoms in total. The van der Waals surface area contributed by atoms with Crippen molar-refractivity contribution in [2.75, 3.05) is 36.8 Å². The number of fused-ring (bicyclic) bond motifs is 1. The highest BCUT2D eigenvalue weighted by Crippen LogP contribution is 2.36. The molecule has 3 aromatic rings. The van der Waals surface area contributed by atoms with Gasteiger partial charge in [-0.3, -0.25) is 0 Å². The van der Waals surface area contributed by atoms with Crippen LogP contribution in [0.2, 0.25) is 0 Å². The molecule has 0 atom stereocenters. The van der Waals surface area contributed by atoms with Crippen LogP contribution in [0.4, 0.5) is 15.9 Å². The van der Waals surface area contributed by atoms with Crippen molar-refractivity contribution in [1.82, 2.24) is 19.5 Å². The normalized spacial score (nSPS) is 17.1. The third-order valence-corrected chi connectivity index (χ3v) is 7.85. The number of hydrogen-bond acceptors (Lipinski definition) is 5. The number of rotatable bonds is 7. The minimum absolute atomic E-state index is 0.328. The molecule has 1 aromatic carbocycles. The number of aromatic nitrogens is 3. The van der Waals surface area contributed by atoms with Crippen LogP contribution in [-0.2, 0) is 6.67 Å². The standard InChI is InChI=1S/C28H34ClFN6/c1-3-34(4-2)22-11-13-35(14-12-22)23-10-6-7-19(16-23)24-18-32-36-27(31)26(25(17-30)33-28(24)36)20-8-5-9-21(29)15-20/h6-7,9-10,15-16,18,22H,3-5,8,11-14,17,31H2,1-2H3. The first kappa shape index (κ1) is 24.8. The van der Waals surface area contributed by atoms with Gasteiger partial charge in [0.2, 0.25) is 0 Å². The SMILES string of the molecule is CCN(CC)C1CCN(c2cccc(-c3cnn4c(N)c(C5=CC(Cl)=CCC5)c(CF)nc34)c2)CC1. The van der Waals surface area contributed by atoms with Crippen molar-refractivity contribution in [2.45, 2.75) is 52.2 Å². The van der Waals surface area contributed by atoms with Crippen LogP contribution in [0.15, 0.2) is 47.6 Å². The summed E-state index contributed by atoms with van der Waals surface area (Å²) >= 11 is 6.23. The summed E-state index contributed by atoms with van der Waals surface area (Å²) in [6.07, 6.45) is 9.43. The van der Waals surface area contributed by atoms with Crippen molar-refractivity contribution in [3.63, 3.8) is 0 Å². The Morgan fingerprint density at radius 2 is 1.97 bits per heavy atom. The Kier molecular flexibility index (Phi) is 7.30.